The minimum atomic E-state index is -0.479. The zero-order chi connectivity index (χ0) is 15.9. The van der Waals surface area contributed by atoms with Crippen LogP contribution in [0, 0.1) is 5.92 Å². The second-order valence-electron chi connectivity index (χ2n) is 6.25. The summed E-state index contributed by atoms with van der Waals surface area (Å²) in [6.45, 7) is 9.97. The van der Waals surface area contributed by atoms with Gasteiger partial charge >= 0.3 is 6.09 Å². The Bertz CT molecular complexity index is 504. The molecule has 1 unspecified atom stereocenters. The molecule has 0 saturated heterocycles. The fourth-order valence-electron chi connectivity index (χ4n) is 1.73. The van der Waals surface area contributed by atoms with Gasteiger partial charge in [0.25, 0.3) is 0 Å². The Morgan fingerprint density at radius 3 is 2.71 bits per heavy atom. The van der Waals surface area contributed by atoms with Crippen LogP contribution in [0.2, 0.25) is 0 Å². The summed E-state index contributed by atoms with van der Waals surface area (Å²) in [5.74, 6) is 0.597. The fraction of sp³-hybridized carbons (Fsp3) is 0.500. The number of carbonyl (C=O) groups excluding carboxylic acids is 1. The average Bonchev–Trinajstić information content (AvgIpc) is 2.84. The molecule has 0 amide bonds. The van der Waals surface area contributed by atoms with Crippen molar-refractivity contribution >= 4 is 6.09 Å². The standard InChI is InChI=1S/C18H27NO2/c1-6-15(2)11-8-7-9-12-16-13-10-14-19(16)17(20)21-18(3,4)5/h7-11,13-15H,6,12H2,1-5H3/b9-7+,11-8-. The van der Waals surface area contributed by atoms with Crippen molar-refractivity contribution in [2.45, 2.75) is 53.1 Å². The van der Waals surface area contributed by atoms with E-state index in [1.54, 1.807) is 10.8 Å². The maximum Gasteiger partial charge on any atom is 0.418 e. The van der Waals surface area contributed by atoms with Crippen LogP contribution >= 0.6 is 0 Å². The van der Waals surface area contributed by atoms with Crippen LogP contribution in [-0.4, -0.2) is 16.3 Å². The Kier molecular flexibility index (Phi) is 6.47. The lowest BCUT2D eigenvalue weighted by Crippen LogP contribution is -2.27. The van der Waals surface area contributed by atoms with Crippen LogP contribution in [0.15, 0.2) is 42.6 Å². The first-order valence-electron chi connectivity index (χ1n) is 7.56. The third kappa shape index (κ3) is 6.48. The van der Waals surface area contributed by atoms with Crippen molar-refractivity contribution in [1.29, 1.82) is 0 Å². The van der Waals surface area contributed by atoms with Gasteiger partial charge in [-0.1, -0.05) is 44.6 Å². The molecule has 21 heavy (non-hydrogen) atoms. The molecular formula is C18H27NO2. The third-order valence-electron chi connectivity index (χ3n) is 3.08. The lowest BCUT2D eigenvalue weighted by atomic mass is 10.1. The van der Waals surface area contributed by atoms with Gasteiger partial charge in [-0.05, 0) is 38.8 Å². The minimum absolute atomic E-state index is 0.328. The molecule has 3 heteroatoms. The maximum absolute atomic E-state index is 12.1. The quantitative estimate of drug-likeness (QED) is 0.716. The highest BCUT2D eigenvalue weighted by atomic mass is 16.6. The number of rotatable bonds is 5. The lowest BCUT2D eigenvalue weighted by molar-refractivity contribution is 0.0533. The van der Waals surface area contributed by atoms with Gasteiger partial charge in [-0.15, -0.1) is 0 Å². The van der Waals surface area contributed by atoms with Crippen molar-refractivity contribution < 1.29 is 9.53 Å². The summed E-state index contributed by atoms with van der Waals surface area (Å²) in [5.41, 5.74) is 0.450. The normalized spacial score (nSPS) is 14.0. The summed E-state index contributed by atoms with van der Waals surface area (Å²) in [7, 11) is 0. The van der Waals surface area contributed by atoms with Gasteiger partial charge in [-0.2, -0.15) is 0 Å². The first kappa shape index (κ1) is 17.3. The van der Waals surface area contributed by atoms with Gasteiger partial charge in [-0.3, -0.25) is 4.57 Å². The molecule has 0 bridgehead atoms. The van der Waals surface area contributed by atoms with E-state index >= 15 is 0 Å². The molecule has 0 fully saturated rings. The van der Waals surface area contributed by atoms with Gasteiger partial charge < -0.3 is 4.74 Å². The number of hydrogen-bond donors (Lipinski definition) is 0. The predicted molar refractivity (Wildman–Crippen MR) is 87.5 cm³/mol. The molecule has 3 nitrogen and oxygen atoms in total. The number of aromatic nitrogens is 1. The monoisotopic (exact) mass is 289 g/mol. The van der Waals surface area contributed by atoms with Crippen LogP contribution in [0.3, 0.4) is 0 Å². The van der Waals surface area contributed by atoms with E-state index in [1.165, 1.54) is 0 Å². The average molecular weight is 289 g/mol. The topological polar surface area (TPSA) is 31.2 Å². The number of nitrogens with zero attached hydrogens (tertiary/aromatic N) is 1. The summed E-state index contributed by atoms with van der Waals surface area (Å²) in [6, 6.07) is 3.80. The molecule has 0 aliphatic carbocycles. The molecule has 0 N–H and O–H groups in total. The fourth-order valence-corrected chi connectivity index (χ4v) is 1.73. The van der Waals surface area contributed by atoms with E-state index in [9.17, 15) is 4.79 Å². The molecule has 1 rings (SSSR count). The molecule has 0 radical (unpaired) electrons. The Balaban J connectivity index is 2.62. The smallest absolute Gasteiger partial charge is 0.418 e. The highest BCUT2D eigenvalue weighted by Crippen LogP contribution is 2.12. The Morgan fingerprint density at radius 1 is 1.38 bits per heavy atom. The Morgan fingerprint density at radius 2 is 2.10 bits per heavy atom. The van der Waals surface area contributed by atoms with E-state index in [0.29, 0.717) is 12.3 Å². The zero-order valence-electron chi connectivity index (χ0n) is 13.8. The van der Waals surface area contributed by atoms with Crippen molar-refractivity contribution in [2.24, 2.45) is 5.92 Å². The van der Waals surface area contributed by atoms with Crippen LogP contribution in [-0.2, 0) is 11.2 Å². The second kappa shape index (κ2) is 7.87. The van der Waals surface area contributed by atoms with E-state index < -0.39 is 5.60 Å². The highest BCUT2D eigenvalue weighted by Gasteiger charge is 2.18. The molecule has 1 aromatic heterocycles. The van der Waals surface area contributed by atoms with Gasteiger partial charge in [0.2, 0.25) is 0 Å². The van der Waals surface area contributed by atoms with Crippen LogP contribution in [0.25, 0.3) is 0 Å². The van der Waals surface area contributed by atoms with Crippen molar-refractivity contribution in [1.82, 2.24) is 4.57 Å². The maximum atomic E-state index is 12.1. The van der Waals surface area contributed by atoms with E-state index in [0.717, 1.165) is 12.1 Å². The van der Waals surface area contributed by atoms with Crippen LogP contribution in [0.4, 0.5) is 4.79 Å². The van der Waals surface area contributed by atoms with E-state index in [4.69, 9.17) is 4.74 Å². The predicted octanol–water partition coefficient (Wildman–Crippen LogP) is 4.97. The van der Waals surface area contributed by atoms with Crippen molar-refractivity contribution in [2.75, 3.05) is 0 Å². The molecule has 1 aromatic rings. The van der Waals surface area contributed by atoms with Gasteiger partial charge in [0.05, 0.1) is 0 Å². The van der Waals surface area contributed by atoms with Gasteiger partial charge in [0.1, 0.15) is 5.60 Å². The summed E-state index contributed by atoms with van der Waals surface area (Å²) in [6.07, 6.45) is 11.6. The summed E-state index contributed by atoms with van der Waals surface area (Å²) >= 11 is 0. The molecule has 116 valence electrons. The molecule has 1 heterocycles. The minimum Gasteiger partial charge on any atom is -0.443 e. The van der Waals surface area contributed by atoms with Crippen molar-refractivity contribution in [3.05, 3.63) is 48.3 Å². The summed E-state index contributed by atoms with van der Waals surface area (Å²) in [4.78, 5) is 12.1. The zero-order valence-corrected chi connectivity index (χ0v) is 13.8. The van der Waals surface area contributed by atoms with Gasteiger partial charge in [0, 0.05) is 18.3 Å². The van der Waals surface area contributed by atoms with Crippen LogP contribution in [0.1, 0.15) is 46.7 Å². The van der Waals surface area contributed by atoms with Gasteiger partial charge in [0.15, 0.2) is 0 Å². The molecule has 1 atom stereocenters. The molecule has 0 aliphatic heterocycles. The number of allylic oxidation sites excluding steroid dienone is 4. The summed E-state index contributed by atoms with van der Waals surface area (Å²) in [5, 5.41) is 0. The largest absolute Gasteiger partial charge is 0.443 e. The van der Waals surface area contributed by atoms with Gasteiger partial charge in [-0.25, -0.2) is 4.79 Å². The first-order chi connectivity index (χ1) is 9.83. The molecule has 0 spiro atoms. The molecule has 0 aromatic carbocycles. The molecule has 0 saturated carbocycles. The Labute approximate surface area is 128 Å². The lowest BCUT2D eigenvalue weighted by Gasteiger charge is -2.20. The number of hydrogen-bond acceptors (Lipinski definition) is 2. The van der Waals surface area contributed by atoms with Crippen molar-refractivity contribution in [3.8, 4) is 0 Å². The van der Waals surface area contributed by atoms with E-state index in [1.807, 2.05) is 39.0 Å². The van der Waals surface area contributed by atoms with E-state index in [2.05, 4.69) is 32.1 Å². The summed E-state index contributed by atoms with van der Waals surface area (Å²) < 4.78 is 6.95. The molecule has 0 aliphatic rings. The SMILES string of the molecule is CCC(C)/C=C\C=C\Cc1cccn1C(=O)OC(C)(C)C. The van der Waals surface area contributed by atoms with Crippen LogP contribution < -0.4 is 0 Å². The number of carbonyl (C=O) groups is 1. The van der Waals surface area contributed by atoms with E-state index in [-0.39, 0.29) is 6.09 Å². The molecular weight excluding hydrogens is 262 g/mol. The van der Waals surface area contributed by atoms with Crippen molar-refractivity contribution in [3.63, 3.8) is 0 Å². The highest BCUT2D eigenvalue weighted by molar-refractivity contribution is 5.72. The second-order valence-corrected chi connectivity index (χ2v) is 6.25. The Hall–Kier alpha value is -1.77. The first-order valence-corrected chi connectivity index (χ1v) is 7.56. The number of ether oxygens (including phenoxy) is 1. The third-order valence-corrected chi connectivity index (χ3v) is 3.08. The van der Waals surface area contributed by atoms with Crippen LogP contribution in [0.5, 0.6) is 0 Å².